The molecule has 6 nitrogen and oxygen atoms in total. The van der Waals surface area contributed by atoms with Crippen molar-refractivity contribution in [1.82, 2.24) is 0 Å². The van der Waals surface area contributed by atoms with Crippen molar-refractivity contribution in [3.8, 4) is 0 Å². The molecule has 0 rings (SSSR count). The van der Waals surface area contributed by atoms with E-state index in [1.165, 1.54) is 57.8 Å². The predicted molar refractivity (Wildman–Crippen MR) is 339 cm³/mol. The van der Waals surface area contributed by atoms with E-state index in [1.807, 2.05) is 0 Å². The van der Waals surface area contributed by atoms with Crippen LogP contribution in [0.5, 0.6) is 0 Å². The minimum absolute atomic E-state index is 0.101. The fourth-order valence-corrected chi connectivity index (χ4v) is 8.35. The third-order valence-electron chi connectivity index (χ3n) is 13.1. The van der Waals surface area contributed by atoms with Gasteiger partial charge >= 0.3 is 17.9 Å². The van der Waals surface area contributed by atoms with Gasteiger partial charge in [-0.2, -0.15) is 0 Å². The van der Waals surface area contributed by atoms with E-state index in [2.05, 4.69) is 167 Å². The maximum Gasteiger partial charge on any atom is 0.306 e. The minimum atomic E-state index is -0.805. The summed E-state index contributed by atoms with van der Waals surface area (Å²) in [5.41, 5.74) is 0. The summed E-state index contributed by atoms with van der Waals surface area (Å²) in [5.74, 6) is -0.943. The molecule has 0 aromatic carbocycles. The van der Waals surface area contributed by atoms with Gasteiger partial charge in [-0.15, -0.1) is 0 Å². The maximum absolute atomic E-state index is 12.9. The van der Waals surface area contributed by atoms with Gasteiger partial charge < -0.3 is 14.2 Å². The zero-order valence-electron chi connectivity index (χ0n) is 50.4. The Bertz CT molecular complexity index is 1710. The Hall–Kier alpha value is -4.71. The van der Waals surface area contributed by atoms with Crippen LogP contribution in [0.3, 0.4) is 0 Å². The minimum Gasteiger partial charge on any atom is -0.462 e. The summed E-state index contributed by atoms with van der Waals surface area (Å²) < 4.78 is 16.9. The van der Waals surface area contributed by atoms with Crippen molar-refractivity contribution < 1.29 is 28.6 Å². The summed E-state index contributed by atoms with van der Waals surface area (Å²) in [5, 5.41) is 0. The van der Waals surface area contributed by atoms with Crippen molar-refractivity contribution in [1.29, 1.82) is 0 Å². The summed E-state index contributed by atoms with van der Waals surface area (Å²) >= 11 is 0. The Balaban J connectivity index is 4.45. The monoisotopic (exact) mass is 1080 g/mol. The first-order valence-electron chi connectivity index (χ1n) is 31.8. The van der Waals surface area contributed by atoms with Crippen LogP contribution in [0.15, 0.2) is 146 Å². The number of carbonyl (C=O) groups is 3. The van der Waals surface area contributed by atoms with Gasteiger partial charge in [-0.05, 0) is 141 Å². The van der Waals surface area contributed by atoms with Crippen LogP contribution in [-0.2, 0) is 28.6 Å². The summed E-state index contributed by atoms with van der Waals surface area (Å²) in [6, 6.07) is 0. The van der Waals surface area contributed by atoms with Crippen molar-refractivity contribution in [2.24, 2.45) is 0 Å². The molecular formula is C72H116O6. The molecular weight excluding hydrogens is 961 g/mol. The number of unbranched alkanes of at least 4 members (excludes halogenated alkanes) is 21. The van der Waals surface area contributed by atoms with Gasteiger partial charge in [-0.1, -0.05) is 256 Å². The zero-order chi connectivity index (χ0) is 56.4. The average molecular weight is 1080 g/mol. The highest BCUT2D eigenvalue weighted by atomic mass is 16.6. The summed E-state index contributed by atoms with van der Waals surface area (Å²) in [6.45, 7) is 6.36. The third kappa shape index (κ3) is 62.1. The molecule has 0 aliphatic rings. The van der Waals surface area contributed by atoms with E-state index in [9.17, 15) is 14.4 Å². The Morgan fingerprint density at radius 1 is 0.269 bits per heavy atom. The van der Waals surface area contributed by atoms with E-state index in [0.29, 0.717) is 19.3 Å². The molecule has 0 aliphatic heterocycles. The smallest absolute Gasteiger partial charge is 0.306 e. The first-order valence-corrected chi connectivity index (χ1v) is 31.8. The molecule has 440 valence electrons. The van der Waals surface area contributed by atoms with Gasteiger partial charge in [0.1, 0.15) is 13.2 Å². The van der Waals surface area contributed by atoms with Crippen LogP contribution in [0.4, 0.5) is 0 Å². The van der Waals surface area contributed by atoms with Gasteiger partial charge in [0.05, 0.1) is 0 Å². The Morgan fingerprint density at radius 2 is 0.500 bits per heavy atom. The summed E-state index contributed by atoms with van der Waals surface area (Å²) in [6.07, 6.45) is 92.7. The topological polar surface area (TPSA) is 78.9 Å². The fourth-order valence-electron chi connectivity index (χ4n) is 8.35. The van der Waals surface area contributed by atoms with E-state index in [4.69, 9.17) is 14.2 Å². The second kappa shape index (κ2) is 64.8. The van der Waals surface area contributed by atoms with Crippen molar-refractivity contribution in [3.05, 3.63) is 146 Å². The normalized spacial score (nSPS) is 13.1. The number of hydrogen-bond acceptors (Lipinski definition) is 6. The fraction of sp³-hybridized carbons (Fsp3) is 0.625. The summed E-state index contributed by atoms with van der Waals surface area (Å²) in [4.78, 5) is 38.3. The molecule has 0 saturated carbocycles. The van der Waals surface area contributed by atoms with Gasteiger partial charge in [0.15, 0.2) is 6.10 Å². The lowest BCUT2D eigenvalue weighted by molar-refractivity contribution is -0.167. The van der Waals surface area contributed by atoms with E-state index in [-0.39, 0.29) is 31.1 Å². The lowest BCUT2D eigenvalue weighted by Crippen LogP contribution is -2.30. The Labute approximate surface area is 480 Å². The lowest BCUT2D eigenvalue weighted by Gasteiger charge is -2.18. The van der Waals surface area contributed by atoms with E-state index in [1.54, 1.807) is 0 Å². The molecule has 0 heterocycles. The van der Waals surface area contributed by atoms with Crippen molar-refractivity contribution in [2.75, 3.05) is 13.2 Å². The van der Waals surface area contributed by atoms with Crippen LogP contribution in [0.2, 0.25) is 0 Å². The van der Waals surface area contributed by atoms with Gasteiger partial charge in [0.25, 0.3) is 0 Å². The molecule has 78 heavy (non-hydrogen) atoms. The molecule has 0 fully saturated rings. The molecule has 0 amide bonds. The van der Waals surface area contributed by atoms with E-state index in [0.717, 1.165) is 173 Å². The Morgan fingerprint density at radius 3 is 0.782 bits per heavy atom. The maximum atomic E-state index is 12.9. The van der Waals surface area contributed by atoms with Gasteiger partial charge in [-0.25, -0.2) is 0 Å². The number of allylic oxidation sites excluding steroid dienone is 24. The lowest BCUT2D eigenvalue weighted by atomic mass is 10.1. The number of rotatable bonds is 56. The quantitative estimate of drug-likeness (QED) is 0.0261. The molecule has 0 spiro atoms. The molecule has 1 atom stereocenters. The highest BCUT2D eigenvalue weighted by Gasteiger charge is 2.19. The second-order valence-corrected chi connectivity index (χ2v) is 20.5. The molecule has 0 saturated heterocycles. The first kappa shape index (κ1) is 73.3. The molecule has 0 aromatic heterocycles. The molecule has 0 bridgehead atoms. The standard InChI is InChI=1S/C72H116O6/c1-4-7-10-13-16-19-22-25-28-31-32-33-34-35-36-37-38-39-40-42-44-47-50-53-56-59-62-65-71(74)77-68-69(67-76-70(73)64-61-58-55-52-49-46-43-30-27-24-21-18-15-12-9-6-3)78-72(75)66-63-60-57-54-51-48-45-41-29-26-23-20-17-14-11-8-5-2/h7-8,10-11,16-17,19-21,24-26,28-30,32-33,35-36,38-39,42-44,69H,4-6,9,12-15,18,22-23,27,31,34,37,40-41,45-68H2,1-3H3/b10-7-,11-8-,19-16-,20-17-,24-21-,28-25-,29-26-,33-32-,36-35-,39-38-,43-30-,44-42-. The average Bonchev–Trinajstić information content (AvgIpc) is 3.44. The molecule has 1 unspecified atom stereocenters. The van der Waals surface area contributed by atoms with Gasteiger partial charge in [0, 0.05) is 19.3 Å². The first-order chi connectivity index (χ1) is 38.5. The van der Waals surface area contributed by atoms with E-state index < -0.39 is 6.10 Å². The van der Waals surface area contributed by atoms with Crippen LogP contribution in [0, 0.1) is 0 Å². The van der Waals surface area contributed by atoms with Crippen LogP contribution in [-0.4, -0.2) is 37.2 Å². The van der Waals surface area contributed by atoms with Crippen LogP contribution < -0.4 is 0 Å². The predicted octanol–water partition coefficient (Wildman–Crippen LogP) is 21.9. The highest BCUT2D eigenvalue weighted by Crippen LogP contribution is 2.14. The molecule has 0 aromatic rings. The van der Waals surface area contributed by atoms with Crippen LogP contribution >= 0.6 is 0 Å². The highest BCUT2D eigenvalue weighted by molar-refractivity contribution is 5.71. The largest absolute Gasteiger partial charge is 0.462 e. The van der Waals surface area contributed by atoms with Crippen molar-refractivity contribution in [3.63, 3.8) is 0 Å². The van der Waals surface area contributed by atoms with E-state index >= 15 is 0 Å². The van der Waals surface area contributed by atoms with Crippen LogP contribution in [0.25, 0.3) is 0 Å². The van der Waals surface area contributed by atoms with Gasteiger partial charge in [-0.3, -0.25) is 14.4 Å². The third-order valence-corrected chi connectivity index (χ3v) is 13.1. The molecule has 0 radical (unpaired) electrons. The summed E-state index contributed by atoms with van der Waals surface area (Å²) in [7, 11) is 0. The molecule has 0 aliphatic carbocycles. The SMILES string of the molecule is CC/C=C\C/C=C\C/C=C\C/C=C\C/C=C\C/C=C\C/C=C\CCCCCCCC(=O)OCC(COC(=O)CCCCCCC/C=C\C/C=C\CCCCCC)OC(=O)CCCCCCCCC/C=C\C/C=C\C/C=C\CC. The number of esters is 3. The number of ether oxygens (including phenoxy) is 3. The zero-order valence-corrected chi connectivity index (χ0v) is 50.4. The van der Waals surface area contributed by atoms with Crippen molar-refractivity contribution in [2.45, 2.75) is 277 Å². The second-order valence-electron chi connectivity index (χ2n) is 20.5. The molecule has 6 heteroatoms. The van der Waals surface area contributed by atoms with Crippen molar-refractivity contribution >= 4 is 17.9 Å². The Kier molecular flexibility index (Phi) is 60.9. The van der Waals surface area contributed by atoms with Gasteiger partial charge in [0.2, 0.25) is 0 Å². The number of carbonyl (C=O) groups excluding carboxylic acids is 3. The number of hydrogen-bond donors (Lipinski definition) is 0. The molecule has 0 N–H and O–H groups in total. The van der Waals surface area contributed by atoms with Crippen LogP contribution in [0.1, 0.15) is 271 Å².